The van der Waals surface area contributed by atoms with Crippen LogP contribution in [0.15, 0.2) is 36.5 Å². The fraction of sp³-hybridized carbons (Fsp3) is 0.533. The molecular formula is C30H40N4. The first-order chi connectivity index (χ1) is 16.3. The number of hydrogen-bond donors (Lipinski definition) is 2. The lowest BCUT2D eigenvalue weighted by molar-refractivity contribution is 0.235. The van der Waals surface area contributed by atoms with Crippen LogP contribution in [0.4, 0.5) is 5.69 Å². The molecule has 3 fully saturated rings. The lowest BCUT2D eigenvalue weighted by Gasteiger charge is -2.28. The molecule has 0 radical (unpaired) electrons. The number of hydrogen-bond acceptors (Lipinski definition) is 4. The quantitative estimate of drug-likeness (QED) is 0.332. The summed E-state index contributed by atoms with van der Waals surface area (Å²) < 4.78 is 0. The van der Waals surface area contributed by atoms with E-state index in [0.717, 1.165) is 39.9 Å². The second kappa shape index (κ2) is 10.3. The van der Waals surface area contributed by atoms with Gasteiger partial charge in [0.05, 0.1) is 5.57 Å². The van der Waals surface area contributed by atoms with Crippen LogP contribution in [0.25, 0.3) is 11.1 Å². The number of nitriles is 1. The van der Waals surface area contributed by atoms with Gasteiger partial charge >= 0.3 is 0 Å². The standard InChI is InChI=1S/C23H26N4.C7H14/c1-15(17-6-8-20(9-7-17)26-27-23(3)10-11-23)22(13-24)21-12-19(18-4-5-18)14-25-16(21)2;1-6(2)7-4-3-5-7/h6-9,12,14,18,26-27H,4-5,10-11H2,1-3H3;6-7H,3-5H2,1-2H3/b22-15+;. The van der Waals surface area contributed by atoms with Gasteiger partial charge in [-0.05, 0) is 99.1 Å². The van der Waals surface area contributed by atoms with Crippen LogP contribution in [-0.2, 0) is 0 Å². The summed E-state index contributed by atoms with van der Waals surface area (Å²) in [6.45, 7) is 10.9. The van der Waals surface area contributed by atoms with Crippen LogP contribution in [0.1, 0.15) is 101 Å². The highest BCUT2D eigenvalue weighted by atomic mass is 15.4. The van der Waals surface area contributed by atoms with E-state index in [1.54, 1.807) is 0 Å². The number of nitrogens with zero attached hydrogens (tertiary/aromatic N) is 2. The summed E-state index contributed by atoms with van der Waals surface area (Å²) >= 11 is 0. The first-order valence-corrected chi connectivity index (χ1v) is 13.0. The number of benzene rings is 1. The van der Waals surface area contributed by atoms with Crippen LogP contribution in [-0.4, -0.2) is 10.5 Å². The second-order valence-corrected chi connectivity index (χ2v) is 11.1. The zero-order chi connectivity index (χ0) is 24.3. The molecule has 0 amide bonds. The SMILES string of the molecule is C/C(=C(/C#N)c1cc(C2CC2)cnc1C)c1ccc(NNC2(C)CC2)cc1.CC(C)C1CCC1. The lowest BCUT2D eigenvalue weighted by Crippen LogP contribution is -2.33. The minimum atomic E-state index is 0.236. The van der Waals surface area contributed by atoms with Gasteiger partial charge in [0.15, 0.2) is 0 Å². The van der Waals surface area contributed by atoms with E-state index in [2.05, 4.69) is 73.0 Å². The van der Waals surface area contributed by atoms with Gasteiger partial charge in [-0.3, -0.25) is 4.98 Å². The third kappa shape index (κ3) is 6.07. The Morgan fingerprint density at radius 2 is 1.79 bits per heavy atom. The molecule has 1 aromatic carbocycles. The molecule has 3 saturated carbocycles. The minimum Gasteiger partial charge on any atom is -0.321 e. The molecule has 5 rings (SSSR count). The molecule has 0 atom stereocenters. The van der Waals surface area contributed by atoms with E-state index in [1.165, 1.54) is 50.5 Å². The van der Waals surface area contributed by atoms with Gasteiger partial charge in [-0.15, -0.1) is 0 Å². The van der Waals surface area contributed by atoms with E-state index in [-0.39, 0.29) is 5.54 Å². The second-order valence-electron chi connectivity index (χ2n) is 11.1. The first kappa shape index (κ1) is 24.5. The Hall–Kier alpha value is -2.64. The normalized spacial score (nSPS) is 19.3. The van der Waals surface area contributed by atoms with Crippen LogP contribution in [0.5, 0.6) is 0 Å². The topological polar surface area (TPSA) is 60.7 Å². The molecule has 2 aromatic rings. The maximum Gasteiger partial charge on any atom is 0.100 e. The maximum atomic E-state index is 9.86. The maximum absolute atomic E-state index is 9.86. The first-order valence-electron chi connectivity index (χ1n) is 13.0. The van der Waals surface area contributed by atoms with Crippen molar-refractivity contribution in [3.8, 4) is 6.07 Å². The van der Waals surface area contributed by atoms with E-state index >= 15 is 0 Å². The van der Waals surface area contributed by atoms with Crippen molar-refractivity contribution in [1.82, 2.24) is 10.4 Å². The van der Waals surface area contributed by atoms with Crippen molar-refractivity contribution in [2.24, 2.45) is 11.8 Å². The number of allylic oxidation sites excluding steroid dienone is 2. The monoisotopic (exact) mass is 456 g/mol. The molecule has 4 heteroatoms. The molecule has 180 valence electrons. The summed E-state index contributed by atoms with van der Waals surface area (Å²) in [7, 11) is 0. The van der Waals surface area contributed by atoms with Gasteiger partial charge < -0.3 is 5.43 Å². The molecule has 1 heterocycles. The molecule has 0 saturated heterocycles. The molecule has 34 heavy (non-hydrogen) atoms. The molecule has 0 bridgehead atoms. The number of anilines is 1. The highest BCUT2D eigenvalue weighted by molar-refractivity contribution is 5.97. The van der Waals surface area contributed by atoms with Crippen molar-refractivity contribution < 1.29 is 0 Å². The fourth-order valence-corrected chi connectivity index (χ4v) is 4.38. The molecule has 0 spiro atoms. The van der Waals surface area contributed by atoms with E-state index in [9.17, 15) is 5.26 Å². The van der Waals surface area contributed by atoms with Gasteiger partial charge in [0.25, 0.3) is 0 Å². The van der Waals surface area contributed by atoms with Crippen LogP contribution in [0, 0.1) is 30.1 Å². The summed E-state index contributed by atoms with van der Waals surface area (Å²) in [5.41, 5.74) is 13.8. The number of aryl methyl sites for hydroxylation is 1. The van der Waals surface area contributed by atoms with Crippen molar-refractivity contribution >= 4 is 16.8 Å². The predicted octanol–water partition coefficient (Wildman–Crippen LogP) is 7.63. The van der Waals surface area contributed by atoms with E-state index < -0.39 is 0 Å². The molecule has 4 nitrogen and oxygen atoms in total. The van der Waals surface area contributed by atoms with Crippen molar-refractivity contribution in [3.05, 3.63) is 58.9 Å². The van der Waals surface area contributed by atoms with Gasteiger partial charge in [0.2, 0.25) is 0 Å². The van der Waals surface area contributed by atoms with Gasteiger partial charge in [0, 0.05) is 28.7 Å². The third-order valence-electron chi connectivity index (χ3n) is 7.83. The lowest BCUT2D eigenvalue weighted by atomic mass is 9.78. The van der Waals surface area contributed by atoms with Crippen LogP contribution < -0.4 is 10.9 Å². The number of aromatic nitrogens is 1. The Kier molecular flexibility index (Phi) is 7.43. The fourth-order valence-electron chi connectivity index (χ4n) is 4.38. The Bertz CT molecular complexity index is 1060. The van der Waals surface area contributed by atoms with Crippen molar-refractivity contribution in [2.75, 3.05) is 5.43 Å². The zero-order valence-corrected chi connectivity index (χ0v) is 21.5. The van der Waals surface area contributed by atoms with Gasteiger partial charge in [0.1, 0.15) is 6.07 Å². The van der Waals surface area contributed by atoms with Crippen molar-refractivity contribution in [3.63, 3.8) is 0 Å². The Balaban J connectivity index is 0.000000336. The largest absolute Gasteiger partial charge is 0.321 e. The zero-order valence-electron chi connectivity index (χ0n) is 21.5. The number of pyridine rings is 1. The number of hydrazine groups is 1. The highest BCUT2D eigenvalue weighted by Crippen LogP contribution is 2.41. The Morgan fingerprint density at radius 1 is 1.12 bits per heavy atom. The summed E-state index contributed by atoms with van der Waals surface area (Å²) in [6.07, 6.45) is 11.3. The number of nitrogens with one attached hydrogen (secondary N) is 2. The molecule has 0 unspecified atom stereocenters. The summed E-state index contributed by atoms with van der Waals surface area (Å²) in [5.74, 6) is 2.66. The highest BCUT2D eigenvalue weighted by Gasteiger charge is 2.36. The van der Waals surface area contributed by atoms with Crippen LogP contribution in [0.2, 0.25) is 0 Å². The molecule has 2 N–H and O–H groups in total. The van der Waals surface area contributed by atoms with Crippen LogP contribution >= 0.6 is 0 Å². The molecule has 1 aromatic heterocycles. The van der Waals surface area contributed by atoms with E-state index in [0.29, 0.717) is 11.5 Å². The molecule has 3 aliphatic rings. The Morgan fingerprint density at radius 3 is 2.26 bits per heavy atom. The summed E-state index contributed by atoms with van der Waals surface area (Å²) in [4.78, 5) is 4.55. The average molecular weight is 457 g/mol. The average Bonchev–Trinajstić information content (AvgIpc) is 3.71. The molecular weight excluding hydrogens is 416 g/mol. The van der Waals surface area contributed by atoms with Crippen molar-refractivity contribution in [2.45, 2.75) is 91.0 Å². The number of rotatable bonds is 7. The molecule has 3 aliphatic carbocycles. The van der Waals surface area contributed by atoms with Gasteiger partial charge in [-0.25, -0.2) is 5.43 Å². The predicted molar refractivity (Wildman–Crippen MR) is 142 cm³/mol. The van der Waals surface area contributed by atoms with Crippen LogP contribution in [0.3, 0.4) is 0 Å². The van der Waals surface area contributed by atoms with Gasteiger partial charge in [-0.2, -0.15) is 5.26 Å². The minimum absolute atomic E-state index is 0.236. The van der Waals surface area contributed by atoms with Gasteiger partial charge in [-0.1, -0.05) is 45.2 Å². The summed E-state index contributed by atoms with van der Waals surface area (Å²) in [5, 5.41) is 9.86. The Labute approximate surface area is 205 Å². The third-order valence-corrected chi connectivity index (χ3v) is 7.83. The summed E-state index contributed by atoms with van der Waals surface area (Å²) in [6, 6.07) is 12.8. The van der Waals surface area contributed by atoms with Crippen molar-refractivity contribution in [1.29, 1.82) is 5.26 Å². The molecule has 0 aliphatic heterocycles. The smallest absolute Gasteiger partial charge is 0.100 e. The van der Waals surface area contributed by atoms with E-state index in [1.807, 2.05) is 20.0 Å². The van der Waals surface area contributed by atoms with E-state index in [4.69, 9.17) is 0 Å².